The molecule has 2 N–H and O–H groups in total. The molecule has 2 aromatic rings. The molecule has 1 unspecified atom stereocenters. The van der Waals surface area contributed by atoms with Gasteiger partial charge in [-0.3, -0.25) is 4.79 Å². The molecule has 4 heteroatoms. The van der Waals surface area contributed by atoms with Crippen molar-refractivity contribution in [1.29, 1.82) is 0 Å². The fourth-order valence-corrected chi connectivity index (χ4v) is 2.89. The molecular weight excluding hydrogens is 304 g/mol. The van der Waals surface area contributed by atoms with Crippen LogP contribution >= 0.6 is 0 Å². The van der Waals surface area contributed by atoms with Crippen molar-refractivity contribution in [3.05, 3.63) is 89.5 Å². The second-order valence-corrected chi connectivity index (χ2v) is 5.72. The van der Waals surface area contributed by atoms with E-state index in [1.807, 2.05) is 36.4 Å². The van der Waals surface area contributed by atoms with E-state index in [9.17, 15) is 14.7 Å². The Hall–Kier alpha value is -3.14. The van der Waals surface area contributed by atoms with Crippen LogP contribution in [-0.2, 0) is 10.2 Å². The summed E-state index contributed by atoms with van der Waals surface area (Å²) in [5.74, 6) is -1.86. The van der Waals surface area contributed by atoms with E-state index in [1.165, 1.54) is 0 Å². The Balaban J connectivity index is 1.91. The summed E-state index contributed by atoms with van der Waals surface area (Å²) in [6, 6.07) is 15.7. The van der Waals surface area contributed by atoms with Crippen molar-refractivity contribution in [2.75, 3.05) is 0 Å². The van der Waals surface area contributed by atoms with Crippen LogP contribution in [0.15, 0.2) is 72.8 Å². The van der Waals surface area contributed by atoms with Crippen LogP contribution in [0.2, 0.25) is 0 Å². The molecule has 24 heavy (non-hydrogen) atoms. The van der Waals surface area contributed by atoms with Crippen LogP contribution in [0.25, 0.3) is 5.57 Å². The van der Waals surface area contributed by atoms with E-state index >= 15 is 0 Å². The highest BCUT2D eigenvalue weighted by atomic mass is 16.4. The fourth-order valence-electron chi connectivity index (χ4n) is 2.89. The van der Waals surface area contributed by atoms with Crippen molar-refractivity contribution >= 4 is 17.5 Å². The maximum atomic E-state index is 11.9. The third kappa shape index (κ3) is 2.74. The van der Waals surface area contributed by atoms with Gasteiger partial charge in [-0.05, 0) is 35.3 Å². The van der Waals surface area contributed by atoms with Crippen LogP contribution in [-0.4, -0.2) is 22.2 Å². The standard InChI is InChI=1S/C20H16O4/c21-18(22)16-8-6-14(7-9-16)15-10-12-20(13-11-15,19(23)24)17-4-2-1-3-5-17/h1-12H,13H2,(H,21,22)(H,23,24). The van der Waals surface area contributed by atoms with Gasteiger partial charge in [-0.25, -0.2) is 4.79 Å². The predicted octanol–water partition coefficient (Wildman–Crippen LogP) is 3.75. The molecule has 0 fully saturated rings. The first-order valence-electron chi connectivity index (χ1n) is 7.55. The maximum absolute atomic E-state index is 11.9. The minimum atomic E-state index is -1.06. The summed E-state index contributed by atoms with van der Waals surface area (Å²) in [5.41, 5.74) is 1.66. The monoisotopic (exact) mass is 320 g/mol. The topological polar surface area (TPSA) is 74.6 Å². The Morgan fingerprint density at radius 2 is 1.58 bits per heavy atom. The smallest absolute Gasteiger partial charge is 0.335 e. The number of benzene rings is 2. The summed E-state index contributed by atoms with van der Waals surface area (Å²) < 4.78 is 0. The quantitative estimate of drug-likeness (QED) is 0.899. The molecule has 0 amide bonds. The summed E-state index contributed by atoms with van der Waals surface area (Å²) >= 11 is 0. The molecule has 0 saturated carbocycles. The van der Waals surface area contributed by atoms with Crippen molar-refractivity contribution in [3.8, 4) is 0 Å². The van der Waals surface area contributed by atoms with Gasteiger partial charge in [-0.1, -0.05) is 60.7 Å². The Morgan fingerprint density at radius 3 is 2.08 bits per heavy atom. The van der Waals surface area contributed by atoms with Gasteiger partial charge in [0, 0.05) is 0 Å². The average Bonchev–Trinajstić information content (AvgIpc) is 2.62. The largest absolute Gasteiger partial charge is 0.480 e. The summed E-state index contributed by atoms with van der Waals surface area (Å²) in [4.78, 5) is 22.8. The van der Waals surface area contributed by atoms with Crippen LogP contribution in [0, 0.1) is 0 Å². The Morgan fingerprint density at radius 1 is 0.917 bits per heavy atom. The molecule has 2 aromatic carbocycles. The van der Waals surface area contributed by atoms with Crippen LogP contribution in [0.4, 0.5) is 0 Å². The molecule has 0 spiro atoms. The lowest BCUT2D eigenvalue weighted by Gasteiger charge is -2.28. The molecule has 0 aliphatic heterocycles. The Labute approximate surface area is 139 Å². The predicted molar refractivity (Wildman–Crippen MR) is 90.9 cm³/mol. The number of hydrogen-bond acceptors (Lipinski definition) is 2. The van der Waals surface area contributed by atoms with Crippen molar-refractivity contribution in [2.45, 2.75) is 11.8 Å². The number of aromatic carboxylic acids is 1. The second-order valence-electron chi connectivity index (χ2n) is 5.72. The van der Waals surface area contributed by atoms with Crippen molar-refractivity contribution in [2.24, 2.45) is 0 Å². The molecule has 120 valence electrons. The summed E-state index contributed by atoms with van der Waals surface area (Å²) in [7, 11) is 0. The first-order valence-corrected chi connectivity index (χ1v) is 7.55. The van der Waals surface area contributed by atoms with Crippen molar-refractivity contribution in [1.82, 2.24) is 0 Å². The summed E-state index contributed by atoms with van der Waals surface area (Å²) in [6.07, 6.45) is 5.74. The van der Waals surface area contributed by atoms with Crippen LogP contribution < -0.4 is 0 Å². The van der Waals surface area contributed by atoms with E-state index < -0.39 is 17.4 Å². The number of carboxylic acids is 2. The number of aliphatic carboxylic acids is 1. The minimum Gasteiger partial charge on any atom is -0.480 e. The fraction of sp³-hybridized carbons (Fsp3) is 0.100. The molecule has 0 saturated heterocycles. The number of rotatable bonds is 4. The third-order valence-electron chi connectivity index (χ3n) is 4.33. The van der Waals surface area contributed by atoms with Gasteiger partial charge in [0.1, 0.15) is 5.41 Å². The highest BCUT2D eigenvalue weighted by Gasteiger charge is 2.38. The Kier molecular flexibility index (Phi) is 4.04. The van der Waals surface area contributed by atoms with Gasteiger partial charge >= 0.3 is 11.9 Å². The molecular formula is C20H16O4. The molecule has 0 heterocycles. The van der Waals surface area contributed by atoms with Gasteiger partial charge in [-0.15, -0.1) is 0 Å². The van der Waals surface area contributed by atoms with Crippen LogP contribution in [0.5, 0.6) is 0 Å². The SMILES string of the molecule is O=C(O)c1ccc(C2=CCC(C(=O)O)(c3ccccc3)C=C2)cc1. The summed E-state index contributed by atoms with van der Waals surface area (Å²) in [5, 5.41) is 18.7. The van der Waals surface area contributed by atoms with Crippen molar-refractivity contribution < 1.29 is 19.8 Å². The van der Waals surface area contributed by atoms with E-state index in [0.717, 1.165) is 16.7 Å². The highest BCUT2D eigenvalue weighted by Crippen LogP contribution is 2.36. The van der Waals surface area contributed by atoms with Crippen LogP contribution in [0.3, 0.4) is 0 Å². The van der Waals surface area contributed by atoms with Crippen molar-refractivity contribution in [3.63, 3.8) is 0 Å². The lowest BCUT2D eigenvalue weighted by molar-refractivity contribution is -0.141. The zero-order valence-corrected chi connectivity index (χ0v) is 12.8. The molecule has 0 bridgehead atoms. The maximum Gasteiger partial charge on any atom is 0.335 e. The van der Waals surface area contributed by atoms with Gasteiger partial charge < -0.3 is 10.2 Å². The van der Waals surface area contributed by atoms with E-state index in [4.69, 9.17) is 5.11 Å². The molecule has 1 aliphatic carbocycles. The lowest BCUT2D eigenvalue weighted by Crippen LogP contribution is -2.34. The van der Waals surface area contributed by atoms with E-state index in [1.54, 1.807) is 36.4 Å². The Bertz CT molecular complexity index is 832. The highest BCUT2D eigenvalue weighted by molar-refractivity contribution is 5.90. The molecule has 3 rings (SSSR count). The first-order chi connectivity index (χ1) is 11.5. The molecule has 4 nitrogen and oxygen atoms in total. The summed E-state index contributed by atoms with van der Waals surface area (Å²) in [6.45, 7) is 0. The number of hydrogen-bond donors (Lipinski definition) is 2. The van der Waals surface area contributed by atoms with Gasteiger partial charge in [0.15, 0.2) is 0 Å². The number of carbonyl (C=O) groups is 2. The second kappa shape index (κ2) is 6.16. The van der Waals surface area contributed by atoms with E-state index in [2.05, 4.69) is 0 Å². The minimum absolute atomic E-state index is 0.225. The van der Waals surface area contributed by atoms with Gasteiger partial charge in [-0.2, -0.15) is 0 Å². The van der Waals surface area contributed by atoms with E-state index in [0.29, 0.717) is 6.42 Å². The van der Waals surface area contributed by atoms with Gasteiger partial charge in [0.2, 0.25) is 0 Å². The first kappa shape index (κ1) is 15.7. The van der Waals surface area contributed by atoms with Gasteiger partial charge in [0.05, 0.1) is 5.56 Å². The van der Waals surface area contributed by atoms with Crippen LogP contribution in [0.1, 0.15) is 27.9 Å². The molecule has 0 aromatic heterocycles. The third-order valence-corrected chi connectivity index (χ3v) is 4.33. The number of carboxylic acid groups (broad SMARTS) is 2. The molecule has 0 radical (unpaired) electrons. The number of allylic oxidation sites excluding steroid dienone is 3. The van der Waals surface area contributed by atoms with E-state index in [-0.39, 0.29) is 5.56 Å². The molecule has 1 atom stereocenters. The normalized spacial score (nSPS) is 19.6. The average molecular weight is 320 g/mol. The molecule has 1 aliphatic rings. The van der Waals surface area contributed by atoms with Gasteiger partial charge in [0.25, 0.3) is 0 Å². The zero-order chi connectivity index (χ0) is 17.2. The lowest BCUT2D eigenvalue weighted by atomic mass is 9.74. The zero-order valence-electron chi connectivity index (χ0n) is 12.8.